The molecule has 1 aliphatic rings. The van der Waals surface area contributed by atoms with Crippen LogP contribution in [0.25, 0.3) is 0 Å². The minimum Gasteiger partial charge on any atom is -0.490 e. The maximum atomic E-state index is 5.64. The van der Waals surface area contributed by atoms with Gasteiger partial charge >= 0.3 is 0 Å². The Labute approximate surface area is 179 Å². The van der Waals surface area contributed by atoms with Crippen LogP contribution in [0.2, 0.25) is 0 Å². The smallest absolute Gasteiger partial charge is 0.213 e. The van der Waals surface area contributed by atoms with E-state index in [9.17, 15) is 0 Å². The van der Waals surface area contributed by atoms with Crippen molar-refractivity contribution >= 4 is 5.96 Å². The molecule has 1 aliphatic heterocycles. The highest BCUT2D eigenvalue weighted by atomic mass is 16.5. The lowest BCUT2D eigenvalue weighted by Crippen LogP contribution is -2.42. The molecule has 3 rings (SSSR count). The van der Waals surface area contributed by atoms with E-state index in [2.05, 4.69) is 25.5 Å². The Bertz CT molecular complexity index is 746. The number of nitrogens with one attached hydrogen (secondary N) is 2. The van der Waals surface area contributed by atoms with Crippen molar-refractivity contribution in [2.45, 2.75) is 25.8 Å². The number of ether oxygens (including phenoxy) is 2. The molecular weight excluding hydrogens is 378 g/mol. The zero-order chi connectivity index (χ0) is 20.9. The fraction of sp³-hybridized carbons (Fsp3) is 0.478. The van der Waals surface area contributed by atoms with Crippen molar-refractivity contribution in [2.24, 2.45) is 4.99 Å². The van der Waals surface area contributed by atoms with Gasteiger partial charge in [0.05, 0.1) is 0 Å². The topological polar surface area (TPSA) is 71.0 Å². The number of guanidine groups is 1. The van der Waals surface area contributed by atoms with E-state index in [1.165, 1.54) is 32.4 Å². The van der Waals surface area contributed by atoms with Crippen molar-refractivity contribution in [3.8, 4) is 11.6 Å². The lowest BCUT2D eigenvalue weighted by Gasteiger charge is -2.26. The molecule has 7 nitrogen and oxygen atoms in total. The van der Waals surface area contributed by atoms with Gasteiger partial charge in [0.2, 0.25) is 5.88 Å². The molecule has 0 aliphatic carbocycles. The molecule has 1 aromatic heterocycles. The summed E-state index contributed by atoms with van der Waals surface area (Å²) in [4.78, 5) is 11.2. The molecule has 30 heavy (non-hydrogen) atoms. The molecule has 2 aromatic rings. The average Bonchev–Trinajstić information content (AvgIpc) is 2.81. The molecule has 0 amide bonds. The second-order valence-electron chi connectivity index (χ2n) is 7.27. The maximum absolute atomic E-state index is 5.64. The van der Waals surface area contributed by atoms with Crippen LogP contribution in [0.1, 0.15) is 24.8 Å². The van der Waals surface area contributed by atoms with Gasteiger partial charge < -0.3 is 25.0 Å². The first-order valence-electron chi connectivity index (χ1n) is 10.8. The van der Waals surface area contributed by atoms with Crippen molar-refractivity contribution in [1.82, 2.24) is 20.5 Å². The Balaban J connectivity index is 1.31. The standard InChI is InChI=1S/C23H33N5O2/c1-24-23(25-12-15-28-13-6-3-7-14-28)27-19-20-10-11-22(26-18-20)30-17-16-29-21-8-4-2-5-9-21/h2,4-5,8-11,18H,3,6-7,12-17,19H2,1H3,(H2,24,25,27). The molecule has 0 unspecified atom stereocenters. The van der Waals surface area contributed by atoms with Crippen LogP contribution < -0.4 is 20.1 Å². The largest absolute Gasteiger partial charge is 0.490 e. The number of piperidine rings is 1. The van der Waals surface area contributed by atoms with E-state index < -0.39 is 0 Å². The van der Waals surface area contributed by atoms with Gasteiger partial charge in [-0.3, -0.25) is 4.99 Å². The van der Waals surface area contributed by atoms with Crippen molar-refractivity contribution in [3.05, 3.63) is 54.2 Å². The fourth-order valence-corrected chi connectivity index (χ4v) is 3.35. The molecule has 0 spiro atoms. The van der Waals surface area contributed by atoms with Gasteiger partial charge in [-0.2, -0.15) is 0 Å². The highest BCUT2D eigenvalue weighted by molar-refractivity contribution is 5.79. The molecule has 2 heterocycles. The molecule has 0 saturated carbocycles. The molecule has 0 bridgehead atoms. The van der Waals surface area contributed by atoms with E-state index >= 15 is 0 Å². The summed E-state index contributed by atoms with van der Waals surface area (Å²) >= 11 is 0. The number of pyridine rings is 1. The summed E-state index contributed by atoms with van der Waals surface area (Å²) in [5.74, 6) is 2.25. The second-order valence-corrected chi connectivity index (χ2v) is 7.27. The SMILES string of the molecule is CN=C(NCCN1CCCCC1)NCc1ccc(OCCOc2ccccc2)nc1. The quantitative estimate of drug-likeness (QED) is 0.356. The van der Waals surface area contributed by atoms with Gasteiger partial charge in [-0.15, -0.1) is 0 Å². The predicted octanol–water partition coefficient (Wildman–Crippen LogP) is 2.69. The van der Waals surface area contributed by atoms with Crippen LogP contribution in [0.3, 0.4) is 0 Å². The summed E-state index contributed by atoms with van der Waals surface area (Å²) in [6, 6.07) is 13.6. The zero-order valence-electron chi connectivity index (χ0n) is 17.8. The Morgan fingerprint density at radius 1 is 1.00 bits per heavy atom. The highest BCUT2D eigenvalue weighted by Crippen LogP contribution is 2.10. The number of nitrogens with zero attached hydrogens (tertiary/aromatic N) is 3. The van der Waals surface area contributed by atoms with E-state index in [1.54, 1.807) is 7.05 Å². The van der Waals surface area contributed by atoms with E-state index in [0.717, 1.165) is 30.4 Å². The lowest BCUT2D eigenvalue weighted by atomic mass is 10.1. The predicted molar refractivity (Wildman–Crippen MR) is 120 cm³/mol. The van der Waals surface area contributed by atoms with Crippen molar-refractivity contribution in [1.29, 1.82) is 0 Å². The number of aromatic nitrogens is 1. The number of likely N-dealkylation sites (tertiary alicyclic amines) is 1. The maximum Gasteiger partial charge on any atom is 0.213 e. The monoisotopic (exact) mass is 411 g/mol. The van der Waals surface area contributed by atoms with Crippen molar-refractivity contribution in [3.63, 3.8) is 0 Å². The van der Waals surface area contributed by atoms with Crippen LogP contribution in [0.4, 0.5) is 0 Å². The van der Waals surface area contributed by atoms with Gasteiger partial charge in [-0.05, 0) is 43.6 Å². The van der Waals surface area contributed by atoms with Crippen LogP contribution in [0, 0.1) is 0 Å². The van der Waals surface area contributed by atoms with Crippen LogP contribution in [-0.4, -0.2) is 62.3 Å². The van der Waals surface area contributed by atoms with E-state index in [0.29, 0.717) is 25.6 Å². The van der Waals surface area contributed by atoms with Gasteiger partial charge in [-0.25, -0.2) is 4.98 Å². The van der Waals surface area contributed by atoms with Gasteiger partial charge in [-0.1, -0.05) is 30.7 Å². The Kier molecular flexibility index (Phi) is 9.27. The van der Waals surface area contributed by atoms with Gasteiger partial charge in [0.25, 0.3) is 0 Å². The molecule has 1 fully saturated rings. The molecule has 1 saturated heterocycles. The van der Waals surface area contributed by atoms with Gasteiger partial charge in [0.15, 0.2) is 5.96 Å². The lowest BCUT2D eigenvalue weighted by molar-refractivity contribution is 0.212. The van der Waals surface area contributed by atoms with Crippen LogP contribution in [0.15, 0.2) is 53.7 Å². The molecule has 162 valence electrons. The van der Waals surface area contributed by atoms with Crippen molar-refractivity contribution < 1.29 is 9.47 Å². The Morgan fingerprint density at radius 2 is 1.80 bits per heavy atom. The van der Waals surface area contributed by atoms with Crippen LogP contribution in [-0.2, 0) is 6.54 Å². The first kappa shape index (κ1) is 21.9. The average molecular weight is 412 g/mol. The second kappa shape index (κ2) is 12.7. The first-order chi connectivity index (χ1) is 14.8. The molecule has 7 heteroatoms. The number of hydrogen-bond donors (Lipinski definition) is 2. The summed E-state index contributed by atoms with van der Waals surface area (Å²) in [6.07, 6.45) is 5.83. The Morgan fingerprint density at radius 3 is 2.53 bits per heavy atom. The van der Waals surface area contributed by atoms with E-state index in [-0.39, 0.29) is 0 Å². The summed E-state index contributed by atoms with van der Waals surface area (Å²) in [6.45, 7) is 5.98. The number of para-hydroxylation sites is 1. The first-order valence-corrected chi connectivity index (χ1v) is 10.8. The summed E-state index contributed by atoms with van der Waals surface area (Å²) in [5.41, 5.74) is 1.07. The number of benzene rings is 1. The minimum absolute atomic E-state index is 0.451. The summed E-state index contributed by atoms with van der Waals surface area (Å²) in [5, 5.41) is 6.72. The fourth-order valence-electron chi connectivity index (χ4n) is 3.35. The third-order valence-corrected chi connectivity index (χ3v) is 5.00. The molecule has 2 N–H and O–H groups in total. The molecule has 0 atom stereocenters. The highest BCUT2D eigenvalue weighted by Gasteiger charge is 2.09. The minimum atomic E-state index is 0.451. The number of rotatable bonds is 10. The van der Waals surface area contributed by atoms with Gasteiger partial charge in [0.1, 0.15) is 19.0 Å². The third-order valence-electron chi connectivity index (χ3n) is 5.00. The van der Waals surface area contributed by atoms with Crippen LogP contribution in [0.5, 0.6) is 11.6 Å². The zero-order valence-corrected chi connectivity index (χ0v) is 17.8. The third kappa shape index (κ3) is 7.91. The number of hydrogen-bond acceptors (Lipinski definition) is 5. The number of aliphatic imine (C=N–C) groups is 1. The summed E-state index contributed by atoms with van der Waals surface area (Å²) < 4.78 is 11.3. The van der Waals surface area contributed by atoms with Crippen molar-refractivity contribution in [2.75, 3.05) is 46.4 Å². The van der Waals surface area contributed by atoms with Crippen LogP contribution >= 0.6 is 0 Å². The molecule has 1 aromatic carbocycles. The normalized spacial score (nSPS) is 14.9. The molecular formula is C23H33N5O2. The molecule has 0 radical (unpaired) electrons. The van der Waals surface area contributed by atoms with E-state index in [4.69, 9.17) is 9.47 Å². The van der Waals surface area contributed by atoms with E-state index in [1.807, 2.05) is 48.7 Å². The van der Waals surface area contributed by atoms with Gasteiger partial charge in [0, 0.05) is 38.9 Å². The Hall–Kier alpha value is -2.80. The summed E-state index contributed by atoms with van der Waals surface area (Å²) in [7, 11) is 1.79.